The van der Waals surface area contributed by atoms with E-state index in [0.29, 0.717) is 36.0 Å². The molecule has 2 aromatic carbocycles. The fraction of sp³-hybridized carbons (Fsp3) is 0.259. The Balaban J connectivity index is 1.31. The standard InChI is InChI=1S/C27H27N5O3/c1-34-22-9-4-10-23(15-22)35-26-17-28-16-25(30-26)21-8-5-13-31(18-21)27(33)24-11-3-2-7-20(24)19-32-14-6-12-29-32/h2-4,6-7,9-12,14-17,21H,5,8,13,18-19H2,1H3/t21-/m1/s1. The van der Waals surface area contributed by atoms with Crippen LogP contribution in [0.1, 0.15) is 40.4 Å². The van der Waals surface area contributed by atoms with Crippen LogP contribution in [0.3, 0.4) is 0 Å². The normalized spacial score (nSPS) is 15.6. The molecule has 4 aromatic rings. The number of likely N-dealkylation sites (tertiary alicyclic amines) is 1. The molecule has 1 aliphatic rings. The molecule has 0 N–H and O–H groups in total. The number of amides is 1. The molecule has 8 heteroatoms. The van der Waals surface area contributed by atoms with E-state index in [1.165, 1.54) is 0 Å². The monoisotopic (exact) mass is 469 g/mol. The van der Waals surface area contributed by atoms with Crippen molar-refractivity contribution < 1.29 is 14.3 Å². The Morgan fingerprint density at radius 2 is 1.97 bits per heavy atom. The van der Waals surface area contributed by atoms with Crippen LogP contribution in [0.25, 0.3) is 0 Å². The lowest BCUT2D eigenvalue weighted by molar-refractivity contribution is 0.0704. The zero-order valence-electron chi connectivity index (χ0n) is 19.6. The zero-order valence-corrected chi connectivity index (χ0v) is 19.6. The number of aromatic nitrogens is 4. The van der Waals surface area contributed by atoms with Gasteiger partial charge in [0.15, 0.2) is 0 Å². The van der Waals surface area contributed by atoms with E-state index in [4.69, 9.17) is 14.5 Å². The number of carbonyl (C=O) groups excluding carboxylic acids is 1. The molecule has 0 unspecified atom stereocenters. The maximum atomic E-state index is 13.5. The summed E-state index contributed by atoms with van der Waals surface area (Å²) in [7, 11) is 1.62. The molecule has 3 heterocycles. The maximum Gasteiger partial charge on any atom is 0.254 e. The summed E-state index contributed by atoms with van der Waals surface area (Å²) in [5.41, 5.74) is 2.49. The molecule has 1 saturated heterocycles. The second kappa shape index (κ2) is 10.4. The number of carbonyl (C=O) groups is 1. The highest BCUT2D eigenvalue weighted by Gasteiger charge is 2.28. The van der Waals surface area contributed by atoms with E-state index in [-0.39, 0.29) is 11.8 Å². The van der Waals surface area contributed by atoms with Gasteiger partial charge in [0.2, 0.25) is 5.88 Å². The first-order valence-corrected chi connectivity index (χ1v) is 11.7. The lowest BCUT2D eigenvalue weighted by Crippen LogP contribution is -2.39. The number of ether oxygens (including phenoxy) is 2. The summed E-state index contributed by atoms with van der Waals surface area (Å²) in [5.74, 6) is 1.89. The topological polar surface area (TPSA) is 82.4 Å². The molecule has 1 aliphatic heterocycles. The summed E-state index contributed by atoms with van der Waals surface area (Å²) in [6.45, 7) is 1.87. The Hall–Kier alpha value is -4.20. The maximum absolute atomic E-state index is 13.5. The lowest BCUT2D eigenvalue weighted by atomic mass is 9.94. The number of hydrogen-bond acceptors (Lipinski definition) is 6. The van der Waals surface area contributed by atoms with Crippen LogP contribution < -0.4 is 9.47 Å². The highest BCUT2D eigenvalue weighted by atomic mass is 16.5. The van der Waals surface area contributed by atoms with Crippen LogP contribution >= 0.6 is 0 Å². The Kier molecular flexibility index (Phi) is 6.70. The number of hydrogen-bond donors (Lipinski definition) is 0. The van der Waals surface area contributed by atoms with E-state index in [0.717, 1.165) is 30.6 Å². The highest BCUT2D eigenvalue weighted by Crippen LogP contribution is 2.29. The van der Waals surface area contributed by atoms with E-state index in [2.05, 4.69) is 10.1 Å². The molecule has 1 atom stereocenters. The summed E-state index contributed by atoms with van der Waals surface area (Å²) < 4.78 is 13.0. The van der Waals surface area contributed by atoms with Gasteiger partial charge in [-0.1, -0.05) is 24.3 Å². The minimum absolute atomic E-state index is 0.0363. The van der Waals surface area contributed by atoms with Gasteiger partial charge in [0.05, 0.1) is 25.5 Å². The Labute approximate surface area is 204 Å². The molecule has 0 bridgehead atoms. The first kappa shape index (κ1) is 22.6. The predicted octanol–water partition coefficient (Wildman–Crippen LogP) is 4.54. The largest absolute Gasteiger partial charge is 0.497 e. The molecule has 0 radical (unpaired) electrons. The summed E-state index contributed by atoms with van der Waals surface area (Å²) in [6, 6.07) is 17.0. The van der Waals surface area contributed by atoms with E-state index in [9.17, 15) is 4.79 Å². The molecule has 5 rings (SSSR count). The SMILES string of the molecule is COc1cccc(Oc2cncc([C@@H]3CCCN(C(=O)c4ccccc4Cn4cccn4)C3)n2)c1. The van der Waals surface area contributed by atoms with Gasteiger partial charge in [-0.2, -0.15) is 5.10 Å². The molecular weight excluding hydrogens is 442 g/mol. The molecule has 8 nitrogen and oxygen atoms in total. The van der Waals surface area contributed by atoms with Crippen LogP contribution in [-0.4, -0.2) is 50.8 Å². The van der Waals surface area contributed by atoms with Gasteiger partial charge in [0.25, 0.3) is 5.91 Å². The second-order valence-corrected chi connectivity index (χ2v) is 8.51. The van der Waals surface area contributed by atoms with Crippen molar-refractivity contribution in [1.82, 2.24) is 24.6 Å². The van der Waals surface area contributed by atoms with Crippen LogP contribution in [-0.2, 0) is 6.54 Å². The molecule has 35 heavy (non-hydrogen) atoms. The molecule has 0 saturated carbocycles. The van der Waals surface area contributed by atoms with Gasteiger partial charge >= 0.3 is 0 Å². The van der Waals surface area contributed by atoms with Crippen molar-refractivity contribution in [2.24, 2.45) is 0 Å². The molecular formula is C27H27N5O3. The third-order valence-electron chi connectivity index (χ3n) is 6.16. The lowest BCUT2D eigenvalue weighted by Gasteiger charge is -2.33. The van der Waals surface area contributed by atoms with E-state index < -0.39 is 0 Å². The number of piperidine rings is 1. The molecule has 0 spiro atoms. The second-order valence-electron chi connectivity index (χ2n) is 8.51. The third kappa shape index (κ3) is 5.32. The number of rotatable bonds is 7. The first-order chi connectivity index (χ1) is 17.2. The van der Waals surface area contributed by atoms with Crippen molar-refractivity contribution in [1.29, 1.82) is 0 Å². The van der Waals surface area contributed by atoms with Gasteiger partial charge < -0.3 is 14.4 Å². The minimum Gasteiger partial charge on any atom is -0.497 e. The van der Waals surface area contributed by atoms with Crippen LogP contribution in [0.4, 0.5) is 0 Å². The summed E-state index contributed by atoms with van der Waals surface area (Å²) in [6.07, 6.45) is 8.85. The smallest absolute Gasteiger partial charge is 0.254 e. The number of benzene rings is 2. The van der Waals surface area contributed by atoms with Crippen molar-refractivity contribution in [2.75, 3.05) is 20.2 Å². The third-order valence-corrected chi connectivity index (χ3v) is 6.16. The molecule has 1 fully saturated rings. The first-order valence-electron chi connectivity index (χ1n) is 11.7. The minimum atomic E-state index is 0.0363. The van der Waals surface area contributed by atoms with Gasteiger partial charge in [-0.25, -0.2) is 4.98 Å². The van der Waals surface area contributed by atoms with Gasteiger partial charge in [0, 0.05) is 49.2 Å². The summed E-state index contributed by atoms with van der Waals surface area (Å²) in [4.78, 5) is 24.5. The quantitative estimate of drug-likeness (QED) is 0.395. The highest BCUT2D eigenvalue weighted by molar-refractivity contribution is 5.95. The van der Waals surface area contributed by atoms with E-state index in [1.54, 1.807) is 31.8 Å². The zero-order chi connectivity index (χ0) is 24.0. The Morgan fingerprint density at radius 3 is 2.83 bits per heavy atom. The van der Waals surface area contributed by atoms with Crippen molar-refractivity contribution in [2.45, 2.75) is 25.3 Å². The molecule has 0 aliphatic carbocycles. The van der Waals surface area contributed by atoms with Crippen molar-refractivity contribution in [3.8, 4) is 17.4 Å². The van der Waals surface area contributed by atoms with E-state index in [1.807, 2.05) is 64.3 Å². The fourth-order valence-corrected chi connectivity index (χ4v) is 4.40. The van der Waals surface area contributed by atoms with Crippen molar-refractivity contribution in [3.05, 3.63) is 96.2 Å². The summed E-state index contributed by atoms with van der Waals surface area (Å²) in [5, 5.41) is 4.28. The van der Waals surface area contributed by atoms with Gasteiger partial charge in [-0.15, -0.1) is 0 Å². The molecule has 178 valence electrons. The summed E-state index contributed by atoms with van der Waals surface area (Å²) >= 11 is 0. The van der Waals surface area contributed by atoms with Crippen molar-refractivity contribution >= 4 is 5.91 Å². The van der Waals surface area contributed by atoms with Crippen LogP contribution in [0, 0.1) is 0 Å². The van der Waals surface area contributed by atoms with Crippen molar-refractivity contribution in [3.63, 3.8) is 0 Å². The predicted molar refractivity (Wildman–Crippen MR) is 131 cm³/mol. The van der Waals surface area contributed by atoms with Crippen LogP contribution in [0.2, 0.25) is 0 Å². The van der Waals surface area contributed by atoms with E-state index >= 15 is 0 Å². The number of methoxy groups -OCH3 is 1. The Bertz CT molecular complexity index is 1290. The average molecular weight is 470 g/mol. The average Bonchev–Trinajstić information content (AvgIpc) is 3.42. The number of nitrogens with zero attached hydrogens (tertiary/aromatic N) is 5. The fourth-order valence-electron chi connectivity index (χ4n) is 4.40. The molecule has 1 amide bonds. The van der Waals surface area contributed by atoms with Crippen LogP contribution in [0.15, 0.2) is 79.4 Å². The Morgan fingerprint density at radius 1 is 1.09 bits per heavy atom. The van der Waals surface area contributed by atoms with Gasteiger partial charge in [-0.3, -0.25) is 14.5 Å². The van der Waals surface area contributed by atoms with Gasteiger partial charge in [-0.05, 0) is 42.7 Å². The van der Waals surface area contributed by atoms with Crippen LogP contribution in [0.5, 0.6) is 17.4 Å². The molecule has 2 aromatic heterocycles. The van der Waals surface area contributed by atoms with Gasteiger partial charge in [0.1, 0.15) is 11.5 Å².